The van der Waals surface area contributed by atoms with Gasteiger partial charge in [0.1, 0.15) is 11.2 Å². The lowest BCUT2D eigenvalue weighted by Gasteiger charge is -2.20. The van der Waals surface area contributed by atoms with Crippen molar-refractivity contribution in [3.05, 3.63) is 56.8 Å². The maximum absolute atomic E-state index is 13.5. The van der Waals surface area contributed by atoms with Gasteiger partial charge in [0.15, 0.2) is 0 Å². The molecule has 2 aromatic heterocycles. The molecule has 0 amide bonds. The second-order valence-corrected chi connectivity index (χ2v) is 11.2. The molecule has 0 aliphatic carbocycles. The average Bonchev–Trinajstić information content (AvgIpc) is 3.26. The van der Waals surface area contributed by atoms with Crippen LogP contribution in [-0.2, 0) is 16.2 Å². The summed E-state index contributed by atoms with van der Waals surface area (Å²) < 4.78 is 67.4. The van der Waals surface area contributed by atoms with Crippen LogP contribution in [0.3, 0.4) is 0 Å². The monoisotopic (exact) mass is 529 g/mol. The third-order valence-electron chi connectivity index (χ3n) is 4.74. The molecule has 0 N–H and O–H groups in total. The van der Waals surface area contributed by atoms with E-state index in [1.54, 1.807) is 6.07 Å². The number of nitrogens with zero attached hydrogens (tertiary/aromatic N) is 3. The Kier molecular flexibility index (Phi) is 5.94. The molecule has 5 nitrogen and oxygen atoms in total. The molecule has 31 heavy (non-hydrogen) atoms. The summed E-state index contributed by atoms with van der Waals surface area (Å²) in [5.74, 6) is 0.534. The van der Waals surface area contributed by atoms with E-state index in [1.807, 2.05) is 0 Å². The smallest absolute Gasteiger partial charge is 0.297 e. The first-order valence-electron chi connectivity index (χ1n) is 8.71. The highest BCUT2D eigenvalue weighted by atomic mass is 35.5. The Hall–Kier alpha value is -1.17. The maximum atomic E-state index is 13.5. The zero-order chi connectivity index (χ0) is 22.7. The number of halogens is 6. The fourth-order valence-corrected chi connectivity index (χ4v) is 7.05. The van der Waals surface area contributed by atoms with E-state index in [9.17, 15) is 21.6 Å². The van der Waals surface area contributed by atoms with Gasteiger partial charge in [0.05, 0.1) is 43.7 Å². The number of sulfonamides is 1. The maximum Gasteiger partial charge on any atom is 0.417 e. The average molecular weight is 531 g/mol. The van der Waals surface area contributed by atoms with Crippen molar-refractivity contribution < 1.29 is 21.6 Å². The van der Waals surface area contributed by atoms with E-state index >= 15 is 0 Å². The van der Waals surface area contributed by atoms with Crippen LogP contribution >= 0.6 is 46.6 Å². The molecule has 0 saturated carbocycles. The van der Waals surface area contributed by atoms with Gasteiger partial charge in [-0.1, -0.05) is 40.9 Å². The molecular weight excluding hydrogens is 518 g/mol. The number of hydrogen-bond acceptors (Lipinski definition) is 4. The normalized spacial score (nSPS) is 18.2. The summed E-state index contributed by atoms with van der Waals surface area (Å²) in [5, 5.41) is -0.612. The Morgan fingerprint density at radius 1 is 1.16 bits per heavy atom. The number of rotatable bonds is 3. The predicted octanol–water partition coefficient (Wildman–Crippen LogP) is 5.99. The minimum atomic E-state index is -4.66. The van der Waals surface area contributed by atoms with Crippen molar-refractivity contribution in [3.8, 4) is 11.4 Å². The van der Waals surface area contributed by atoms with Crippen molar-refractivity contribution in [1.29, 1.82) is 0 Å². The summed E-state index contributed by atoms with van der Waals surface area (Å²) in [4.78, 5) is 4.53. The Morgan fingerprint density at radius 2 is 1.81 bits per heavy atom. The van der Waals surface area contributed by atoms with Gasteiger partial charge in [-0.3, -0.25) is 4.40 Å². The standard InChI is InChI=1S/C18H13Cl3F3N3O2S2/c1-31(28,29)27-5-6-30-17(27)14-15-12(21)7-9(18(22,23)24)8-26(15)16(25-14)13-10(19)3-2-4-11(13)20/h2-4,7-8,17H,5-6H2,1H3/t17-/m0/s1. The number of alkyl halides is 3. The van der Waals surface area contributed by atoms with Crippen LogP contribution in [0.25, 0.3) is 16.9 Å². The first-order chi connectivity index (χ1) is 14.4. The summed E-state index contributed by atoms with van der Waals surface area (Å²) >= 11 is 20.2. The molecule has 1 saturated heterocycles. The zero-order valence-corrected chi connectivity index (χ0v) is 19.5. The molecule has 0 spiro atoms. The highest BCUT2D eigenvalue weighted by Gasteiger charge is 2.39. The SMILES string of the molecule is CS(=O)(=O)N1CCS[C@H]1c1nc(-c2c(Cl)cccc2Cl)n2cc(C(F)(F)F)cc(Cl)c12. The molecule has 166 valence electrons. The highest BCUT2D eigenvalue weighted by Crippen LogP contribution is 2.45. The van der Waals surface area contributed by atoms with Gasteiger partial charge < -0.3 is 0 Å². The van der Waals surface area contributed by atoms with Gasteiger partial charge in [-0.15, -0.1) is 11.8 Å². The summed E-state index contributed by atoms with van der Waals surface area (Å²) in [7, 11) is -3.60. The second kappa shape index (κ2) is 8.00. The second-order valence-electron chi connectivity index (χ2n) is 6.81. The van der Waals surface area contributed by atoms with Crippen molar-refractivity contribution in [1.82, 2.24) is 13.7 Å². The van der Waals surface area contributed by atoms with Gasteiger partial charge in [-0.25, -0.2) is 13.4 Å². The highest BCUT2D eigenvalue weighted by molar-refractivity contribution is 8.00. The lowest BCUT2D eigenvalue weighted by atomic mass is 10.2. The van der Waals surface area contributed by atoms with E-state index in [4.69, 9.17) is 34.8 Å². The van der Waals surface area contributed by atoms with Crippen LogP contribution in [0.1, 0.15) is 16.6 Å². The van der Waals surface area contributed by atoms with E-state index in [-0.39, 0.29) is 44.2 Å². The summed E-state index contributed by atoms with van der Waals surface area (Å²) in [5.41, 5.74) is -0.389. The Balaban J connectivity index is 2.08. The first kappa shape index (κ1) is 23.0. The van der Waals surface area contributed by atoms with E-state index in [0.717, 1.165) is 18.5 Å². The van der Waals surface area contributed by atoms with Crippen LogP contribution < -0.4 is 0 Å². The Morgan fingerprint density at radius 3 is 2.39 bits per heavy atom. The fraction of sp³-hybridized carbons (Fsp3) is 0.278. The first-order valence-corrected chi connectivity index (χ1v) is 12.7. The van der Waals surface area contributed by atoms with Crippen LogP contribution in [0.5, 0.6) is 0 Å². The lowest BCUT2D eigenvalue weighted by Crippen LogP contribution is -2.29. The topological polar surface area (TPSA) is 54.7 Å². The van der Waals surface area contributed by atoms with Crippen LogP contribution in [0, 0.1) is 0 Å². The number of thioether (sulfide) groups is 1. The fourth-order valence-electron chi connectivity index (χ4n) is 3.42. The van der Waals surface area contributed by atoms with Gasteiger partial charge in [0.25, 0.3) is 0 Å². The molecule has 1 aliphatic heterocycles. The van der Waals surface area contributed by atoms with E-state index in [0.29, 0.717) is 5.75 Å². The van der Waals surface area contributed by atoms with Crippen molar-refractivity contribution in [3.63, 3.8) is 0 Å². The molecule has 0 bridgehead atoms. The van der Waals surface area contributed by atoms with Gasteiger partial charge in [-0.05, 0) is 18.2 Å². The molecule has 3 heterocycles. The number of fused-ring (bicyclic) bond motifs is 1. The molecule has 13 heteroatoms. The number of hydrogen-bond donors (Lipinski definition) is 0. The Labute approximate surface area is 195 Å². The van der Waals surface area contributed by atoms with Crippen molar-refractivity contribution in [2.24, 2.45) is 0 Å². The third kappa shape index (κ3) is 4.14. The van der Waals surface area contributed by atoms with Crippen molar-refractivity contribution in [2.75, 3.05) is 18.6 Å². The van der Waals surface area contributed by atoms with E-state index < -0.39 is 27.1 Å². The lowest BCUT2D eigenvalue weighted by molar-refractivity contribution is -0.137. The number of imidazole rings is 1. The number of aromatic nitrogens is 2. The zero-order valence-electron chi connectivity index (χ0n) is 15.6. The van der Waals surface area contributed by atoms with Gasteiger partial charge >= 0.3 is 6.18 Å². The summed E-state index contributed by atoms with van der Waals surface area (Å²) in [6.07, 6.45) is -2.73. The van der Waals surface area contributed by atoms with Crippen LogP contribution in [0.4, 0.5) is 13.2 Å². The van der Waals surface area contributed by atoms with Crippen LogP contribution in [0.15, 0.2) is 30.5 Å². The van der Waals surface area contributed by atoms with Crippen molar-refractivity contribution in [2.45, 2.75) is 11.6 Å². The summed E-state index contributed by atoms with van der Waals surface area (Å²) in [6, 6.07) is 5.46. The summed E-state index contributed by atoms with van der Waals surface area (Å²) in [6.45, 7) is 0.244. The molecule has 4 rings (SSSR count). The van der Waals surface area contributed by atoms with Crippen LogP contribution in [-0.4, -0.2) is 40.7 Å². The molecule has 1 aliphatic rings. The van der Waals surface area contributed by atoms with Gasteiger partial charge in [0.2, 0.25) is 10.0 Å². The van der Waals surface area contributed by atoms with E-state index in [2.05, 4.69) is 4.98 Å². The number of pyridine rings is 1. The van der Waals surface area contributed by atoms with Gasteiger partial charge in [0, 0.05) is 18.5 Å². The Bertz CT molecular complexity index is 1280. The molecule has 0 radical (unpaired) electrons. The quantitative estimate of drug-likeness (QED) is 0.418. The molecular formula is C18H13Cl3F3N3O2S2. The molecule has 0 unspecified atom stereocenters. The minimum absolute atomic E-state index is 0.0366. The minimum Gasteiger partial charge on any atom is -0.297 e. The van der Waals surface area contributed by atoms with Crippen LogP contribution in [0.2, 0.25) is 15.1 Å². The van der Waals surface area contributed by atoms with Crippen molar-refractivity contribution >= 4 is 62.1 Å². The number of benzene rings is 1. The third-order valence-corrected chi connectivity index (χ3v) is 8.25. The molecule has 3 aromatic rings. The largest absolute Gasteiger partial charge is 0.417 e. The van der Waals surface area contributed by atoms with E-state index in [1.165, 1.54) is 32.6 Å². The molecule has 1 atom stereocenters. The molecule has 1 fully saturated rings. The predicted molar refractivity (Wildman–Crippen MR) is 117 cm³/mol. The molecule has 1 aromatic carbocycles. The van der Waals surface area contributed by atoms with Gasteiger partial charge in [-0.2, -0.15) is 17.5 Å².